The van der Waals surface area contributed by atoms with E-state index in [2.05, 4.69) is 10.4 Å². The Morgan fingerprint density at radius 3 is 2.59 bits per heavy atom. The van der Waals surface area contributed by atoms with Crippen LogP contribution in [0, 0.1) is 5.82 Å². The van der Waals surface area contributed by atoms with E-state index in [1.165, 1.54) is 34.3 Å². The van der Waals surface area contributed by atoms with Gasteiger partial charge in [-0.05, 0) is 34.5 Å². The van der Waals surface area contributed by atoms with Crippen molar-refractivity contribution in [1.82, 2.24) is 14.7 Å². The Morgan fingerprint density at radius 1 is 1.10 bits per heavy atom. The molecule has 5 rings (SSSR count). The number of hydrogen-bond acceptors (Lipinski definition) is 5. The molecule has 1 fully saturated rings. The first-order chi connectivity index (χ1) is 18.7. The molecule has 2 aromatic carbocycles. The maximum Gasteiger partial charge on any atom is 0.269 e. The van der Waals surface area contributed by atoms with E-state index in [0.29, 0.717) is 16.1 Å². The number of thiophene rings is 1. The minimum atomic E-state index is -1.44. The van der Waals surface area contributed by atoms with Crippen molar-refractivity contribution in [3.05, 3.63) is 82.0 Å². The van der Waals surface area contributed by atoms with Crippen molar-refractivity contribution in [2.45, 2.75) is 25.2 Å². The van der Waals surface area contributed by atoms with E-state index in [1.54, 1.807) is 36.4 Å². The van der Waals surface area contributed by atoms with Crippen molar-refractivity contribution in [1.29, 1.82) is 0 Å². The average molecular weight is 570 g/mol. The van der Waals surface area contributed by atoms with Crippen LogP contribution in [0.4, 0.5) is 14.5 Å². The quantitative estimate of drug-likeness (QED) is 0.335. The van der Waals surface area contributed by atoms with Gasteiger partial charge in [0.1, 0.15) is 18.8 Å². The van der Waals surface area contributed by atoms with E-state index in [0.717, 1.165) is 10.5 Å². The number of aromatic nitrogens is 2. The monoisotopic (exact) mass is 569 g/mol. The van der Waals surface area contributed by atoms with E-state index in [1.807, 2.05) is 10.8 Å². The smallest absolute Gasteiger partial charge is 0.269 e. The zero-order chi connectivity index (χ0) is 27.7. The SMILES string of the molecule is NC(=O)c1nn(CC(=O)N2C[C@H](F)C[C@H]2C(=O)Nc2cccc(-c3ccccc3Cl)c2F)cc1-c1ccsc1. The molecule has 3 N–H and O–H groups in total. The van der Waals surface area contributed by atoms with E-state index in [9.17, 15) is 18.8 Å². The number of anilines is 1. The third-order valence-corrected chi connectivity index (χ3v) is 7.43. The predicted octanol–water partition coefficient (Wildman–Crippen LogP) is 4.75. The van der Waals surface area contributed by atoms with Gasteiger partial charge in [-0.15, -0.1) is 0 Å². The number of nitrogens with zero attached hydrogens (tertiary/aromatic N) is 3. The second-order valence-corrected chi connectivity index (χ2v) is 10.2. The zero-order valence-electron chi connectivity index (χ0n) is 20.3. The van der Waals surface area contributed by atoms with Gasteiger partial charge in [-0.2, -0.15) is 16.4 Å². The third-order valence-electron chi connectivity index (χ3n) is 6.42. The highest BCUT2D eigenvalue weighted by Crippen LogP contribution is 2.33. The highest BCUT2D eigenvalue weighted by molar-refractivity contribution is 7.08. The molecule has 8 nitrogen and oxygen atoms in total. The summed E-state index contributed by atoms with van der Waals surface area (Å²) in [5, 5.41) is 10.6. The van der Waals surface area contributed by atoms with Gasteiger partial charge in [0.25, 0.3) is 5.91 Å². The van der Waals surface area contributed by atoms with Crippen LogP contribution in [-0.2, 0) is 16.1 Å². The van der Waals surface area contributed by atoms with Gasteiger partial charge in [0.15, 0.2) is 11.5 Å². The van der Waals surface area contributed by atoms with Gasteiger partial charge in [0.05, 0.1) is 12.2 Å². The van der Waals surface area contributed by atoms with E-state index < -0.39 is 35.8 Å². The van der Waals surface area contributed by atoms with Gasteiger partial charge in [0, 0.05) is 34.3 Å². The minimum absolute atomic E-state index is 0.00541. The summed E-state index contributed by atoms with van der Waals surface area (Å²) in [7, 11) is 0. The summed E-state index contributed by atoms with van der Waals surface area (Å²) in [5.74, 6) is -2.78. The number of benzene rings is 2. The molecule has 0 bridgehead atoms. The normalized spacial score (nSPS) is 16.8. The van der Waals surface area contributed by atoms with Crippen LogP contribution in [0.1, 0.15) is 16.9 Å². The lowest BCUT2D eigenvalue weighted by molar-refractivity contribution is -0.137. The number of nitrogens with one attached hydrogen (secondary N) is 1. The van der Waals surface area contributed by atoms with E-state index in [4.69, 9.17) is 17.3 Å². The lowest BCUT2D eigenvalue weighted by atomic mass is 10.0. The van der Waals surface area contributed by atoms with Crippen molar-refractivity contribution < 1.29 is 23.2 Å². The molecule has 1 saturated heterocycles. The fraction of sp³-hybridized carbons (Fsp3) is 0.185. The van der Waals surface area contributed by atoms with Gasteiger partial charge in [-0.1, -0.05) is 41.9 Å². The Hall–Kier alpha value is -4.09. The first-order valence-electron chi connectivity index (χ1n) is 11.9. The Bertz CT molecular complexity index is 1560. The molecule has 0 radical (unpaired) electrons. The van der Waals surface area contributed by atoms with Crippen LogP contribution in [-0.4, -0.2) is 51.2 Å². The summed E-state index contributed by atoms with van der Waals surface area (Å²) >= 11 is 7.63. The molecule has 2 aromatic heterocycles. The summed E-state index contributed by atoms with van der Waals surface area (Å²) in [6.07, 6.45) is -0.174. The van der Waals surface area contributed by atoms with Crippen molar-refractivity contribution in [3.8, 4) is 22.3 Å². The molecule has 200 valence electrons. The van der Waals surface area contributed by atoms with Crippen LogP contribution in [0.3, 0.4) is 0 Å². The van der Waals surface area contributed by atoms with Gasteiger partial charge in [-0.3, -0.25) is 19.1 Å². The van der Waals surface area contributed by atoms with Crippen LogP contribution < -0.4 is 11.1 Å². The number of alkyl halides is 1. The molecule has 3 amide bonds. The van der Waals surface area contributed by atoms with Crippen molar-refractivity contribution >= 4 is 46.3 Å². The van der Waals surface area contributed by atoms with E-state index >= 15 is 4.39 Å². The Morgan fingerprint density at radius 2 is 1.87 bits per heavy atom. The molecule has 39 heavy (non-hydrogen) atoms. The second-order valence-electron chi connectivity index (χ2n) is 9.00. The maximum atomic E-state index is 15.4. The molecule has 0 unspecified atom stereocenters. The Balaban J connectivity index is 1.35. The number of amides is 3. The number of primary amides is 1. The van der Waals surface area contributed by atoms with Crippen LogP contribution in [0.5, 0.6) is 0 Å². The molecule has 0 saturated carbocycles. The van der Waals surface area contributed by atoms with Gasteiger partial charge in [-0.25, -0.2) is 8.78 Å². The minimum Gasteiger partial charge on any atom is -0.364 e. The lowest BCUT2D eigenvalue weighted by Gasteiger charge is -2.24. The van der Waals surface area contributed by atoms with Crippen LogP contribution in [0.25, 0.3) is 22.3 Å². The molecule has 12 heteroatoms. The topological polar surface area (TPSA) is 110 Å². The highest BCUT2D eigenvalue weighted by atomic mass is 35.5. The molecule has 3 heterocycles. The molecule has 0 spiro atoms. The standard InChI is InChI=1S/C27H22ClF2N5O3S/c28-20-6-2-1-4-17(20)18-5-3-7-21(24(18)30)32-27(38)22-10-16(29)11-35(22)23(36)13-34-12-19(15-8-9-39-14-15)25(33-34)26(31)37/h1-9,12,14,16,22H,10-11,13H2,(H2,31,37)(H,32,38)/t16-,22+/m1/s1. The first-order valence-corrected chi connectivity index (χ1v) is 13.2. The summed E-state index contributed by atoms with van der Waals surface area (Å²) in [5.41, 5.74) is 7.15. The molecule has 4 aromatic rings. The van der Waals surface area contributed by atoms with Gasteiger partial charge in [0.2, 0.25) is 11.8 Å². The zero-order valence-corrected chi connectivity index (χ0v) is 21.9. The molecule has 1 aliphatic rings. The number of hydrogen-bond donors (Lipinski definition) is 2. The molecular formula is C27H22ClF2N5O3S. The Labute approximate surface area is 231 Å². The summed E-state index contributed by atoms with van der Waals surface area (Å²) < 4.78 is 31.0. The van der Waals surface area contributed by atoms with Crippen LogP contribution >= 0.6 is 22.9 Å². The molecule has 0 aliphatic carbocycles. The van der Waals surface area contributed by atoms with Crippen molar-refractivity contribution in [3.63, 3.8) is 0 Å². The van der Waals surface area contributed by atoms with Gasteiger partial charge >= 0.3 is 0 Å². The third kappa shape index (κ3) is 5.41. The predicted molar refractivity (Wildman–Crippen MR) is 145 cm³/mol. The summed E-state index contributed by atoms with van der Waals surface area (Å²) in [4.78, 5) is 39.3. The summed E-state index contributed by atoms with van der Waals surface area (Å²) in [6.45, 7) is -0.655. The van der Waals surface area contributed by atoms with Crippen LogP contribution in [0.2, 0.25) is 5.02 Å². The second kappa shape index (κ2) is 11.0. The molecule has 1 aliphatic heterocycles. The molecule has 2 atom stereocenters. The average Bonchev–Trinajstić information content (AvgIpc) is 3.65. The number of likely N-dealkylation sites (tertiary alicyclic amines) is 1. The largest absolute Gasteiger partial charge is 0.364 e. The maximum absolute atomic E-state index is 15.4. The van der Waals surface area contributed by atoms with Gasteiger partial charge < -0.3 is 16.0 Å². The number of halogens is 3. The first kappa shape index (κ1) is 26.5. The fourth-order valence-electron chi connectivity index (χ4n) is 4.58. The van der Waals surface area contributed by atoms with Crippen LogP contribution in [0.15, 0.2) is 65.5 Å². The van der Waals surface area contributed by atoms with Crippen molar-refractivity contribution in [2.75, 3.05) is 11.9 Å². The van der Waals surface area contributed by atoms with E-state index in [-0.39, 0.29) is 36.5 Å². The van der Waals surface area contributed by atoms with Crippen molar-refractivity contribution in [2.24, 2.45) is 5.73 Å². The number of carbonyl (C=O) groups is 3. The number of nitrogens with two attached hydrogens (primary N) is 1. The highest BCUT2D eigenvalue weighted by Gasteiger charge is 2.40. The lowest BCUT2D eigenvalue weighted by Crippen LogP contribution is -2.44. The number of carbonyl (C=O) groups excluding carboxylic acids is 3. The Kier molecular flexibility index (Phi) is 7.45. The molecular weight excluding hydrogens is 548 g/mol. The summed E-state index contributed by atoms with van der Waals surface area (Å²) in [6, 6.07) is 11.8. The fourth-order valence-corrected chi connectivity index (χ4v) is 5.48. The number of rotatable bonds is 7.